The maximum Gasteiger partial charge on any atom is 0.243 e. The number of hydrogen-bond donors (Lipinski definition) is 1. The highest BCUT2D eigenvalue weighted by Crippen LogP contribution is 2.22. The van der Waals surface area contributed by atoms with E-state index < -0.39 is 10.0 Å². The molecule has 1 atom stereocenters. The Hall–Kier alpha value is -2.78. The zero-order valence-electron chi connectivity index (χ0n) is 17.7. The molecular weight excluding hydrogens is 402 g/mol. The predicted molar refractivity (Wildman–Crippen MR) is 115 cm³/mol. The van der Waals surface area contributed by atoms with Gasteiger partial charge in [0.05, 0.1) is 23.0 Å². The first-order valence-corrected chi connectivity index (χ1v) is 11.3. The summed E-state index contributed by atoms with van der Waals surface area (Å²) in [6.07, 6.45) is 0.888. The van der Waals surface area contributed by atoms with Gasteiger partial charge in [0.2, 0.25) is 15.9 Å². The largest absolute Gasteiger partial charge is 0.351 e. The molecule has 1 aromatic heterocycles. The first kappa shape index (κ1) is 21.9. The smallest absolute Gasteiger partial charge is 0.243 e. The highest BCUT2D eigenvalue weighted by atomic mass is 32.2. The van der Waals surface area contributed by atoms with Crippen molar-refractivity contribution < 1.29 is 13.2 Å². The first-order valence-electron chi connectivity index (χ1n) is 9.86. The van der Waals surface area contributed by atoms with E-state index in [-0.39, 0.29) is 23.4 Å². The van der Waals surface area contributed by atoms with Gasteiger partial charge in [0, 0.05) is 13.6 Å². The number of nitrogens with zero attached hydrogens (tertiary/aromatic N) is 4. The number of sulfonamides is 1. The van der Waals surface area contributed by atoms with Crippen LogP contribution in [0.15, 0.2) is 47.4 Å². The lowest BCUT2D eigenvalue weighted by molar-refractivity contribution is -0.121. The van der Waals surface area contributed by atoms with E-state index in [2.05, 4.69) is 22.6 Å². The molecule has 0 spiro atoms. The summed E-state index contributed by atoms with van der Waals surface area (Å²) in [5.41, 5.74) is 3.38. The molecule has 0 aliphatic rings. The van der Waals surface area contributed by atoms with Crippen LogP contribution in [0.3, 0.4) is 0 Å². The normalized spacial score (nSPS) is 13.0. The van der Waals surface area contributed by atoms with E-state index in [4.69, 9.17) is 0 Å². The van der Waals surface area contributed by atoms with Crippen molar-refractivity contribution in [3.63, 3.8) is 0 Å². The summed E-state index contributed by atoms with van der Waals surface area (Å²) in [5, 5.41) is 11.0. The minimum absolute atomic E-state index is 0.0834. The van der Waals surface area contributed by atoms with E-state index in [1.165, 1.54) is 19.2 Å². The number of nitrogens with one attached hydrogen (secondary N) is 1. The minimum atomic E-state index is -3.84. The van der Waals surface area contributed by atoms with Crippen LogP contribution in [0.4, 0.5) is 0 Å². The van der Waals surface area contributed by atoms with Crippen LogP contribution in [0.1, 0.15) is 37.4 Å². The lowest BCUT2D eigenvalue weighted by atomic mass is 10.1. The second-order valence-electron chi connectivity index (χ2n) is 7.47. The molecule has 3 aromatic rings. The molecule has 0 radical (unpaired) electrons. The van der Waals surface area contributed by atoms with Crippen molar-refractivity contribution in [1.82, 2.24) is 24.6 Å². The molecule has 0 saturated heterocycles. The minimum Gasteiger partial charge on any atom is -0.351 e. The van der Waals surface area contributed by atoms with Crippen molar-refractivity contribution in [3.8, 4) is 0 Å². The van der Waals surface area contributed by atoms with Crippen molar-refractivity contribution in [2.45, 2.75) is 44.7 Å². The number of likely N-dealkylation sites (N-methyl/N-ethyl adjacent to an activating group) is 1. The monoisotopic (exact) mass is 429 g/mol. The van der Waals surface area contributed by atoms with Crippen LogP contribution in [0, 0.1) is 6.92 Å². The van der Waals surface area contributed by atoms with Crippen LogP contribution >= 0.6 is 0 Å². The molecule has 1 heterocycles. The highest BCUT2D eigenvalue weighted by molar-refractivity contribution is 7.89. The van der Waals surface area contributed by atoms with Gasteiger partial charge in [0.25, 0.3) is 0 Å². The molecule has 0 aliphatic carbocycles. The standard InChI is InChI=1S/C21H27N5O3S/c1-5-16(3)26-20-11-10-18(12-19(20)23-24-26)30(28,29)25(4)14-21(27)22-13-17-8-6-15(2)7-9-17/h6-12,16H,5,13-14H2,1-4H3,(H,22,27)/t16-/m0/s1. The molecule has 9 heteroatoms. The van der Waals surface area contributed by atoms with E-state index in [0.29, 0.717) is 12.1 Å². The third-order valence-corrected chi connectivity index (χ3v) is 6.93. The van der Waals surface area contributed by atoms with Crippen molar-refractivity contribution in [2.75, 3.05) is 13.6 Å². The average Bonchev–Trinajstić information content (AvgIpc) is 3.16. The maximum atomic E-state index is 12.9. The zero-order chi connectivity index (χ0) is 21.9. The number of aryl methyl sites for hydroxylation is 1. The van der Waals surface area contributed by atoms with Gasteiger partial charge in [-0.05, 0) is 44.0 Å². The molecule has 0 bridgehead atoms. The zero-order valence-corrected chi connectivity index (χ0v) is 18.5. The van der Waals surface area contributed by atoms with Gasteiger partial charge in [-0.25, -0.2) is 13.1 Å². The van der Waals surface area contributed by atoms with Gasteiger partial charge in [-0.1, -0.05) is 42.0 Å². The van der Waals surface area contributed by atoms with E-state index in [9.17, 15) is 13.2 Å². The quantitative estimate of drug-likeness (QED) is 0.594. The molecule has 0 unspecified atom stereocenters. The molecule has 1 N–H and O–H groups in total. The molecule has 1 amide bonds. The van der Waals surface area contributed by atoms with Gasteiger partial charge in [-0.15, -0.1) is 5.10 Å². The summed E-state index contributed by atoms with van der Waals surface area (Å²) in [6.45, 7) is 6.14. The second kappa shape index (κ2) is 8.93. The fraction of sp³-hybridized carbons (Fsp3) is 0.381. The van der Waals surface area contributed by atoms with Gasteiger partial charge < -0.3 is 5.32 Å². The van der Waals surface area contributed by atoms with Crippen molar-refractivity contribution in [1.29, 1.82) is 0 Å². The molecule has 160 valence electrons. The molecule has 3 rings (SSSR count). The summed E-state index contributed by atoms with van der Waals surface area (Å²) in [4.78, 5) is 12.3. The second-order valence-corrected chi connectivity index (χ2v) is 9.51. The lowest BCUT2D eigenvalue weighted by Crippen LogP contribution is -2.38. The van der Waals surface area contributed by atoms with Crippen molar-refractivity contribution in [2.24, 2.45) is 0 Å². The van der Waals surface area contributed by atoms with Crippen molar-refractivity contribution >= 4 is 27.0 Å². The Kier molecular flexibility index (Phi) is 6.52. The molecule has 2 aromatic carbocycles. The third-order valence-electron chi connectivity index (χ3n) is 5.14. The summed E-state index contributed by atoms with van der Waals surface area (Å²) in [5.74, 6) is -0.370. The van der Waals surface area contributed by atoms with Crippen LogP contribution in [-0.4, -0.2) is 47.2 Å². The number of rotatable bonds is 8. The van der Waals surface area contributed by atoms with Gasteiger partial charge in [0.1, 0.15) is 5.52 Å². The Balaban J connectivity index is 1.69. The van der Waals surface area contributed by atoms with Gasteiger partial charge in [0.15, 0.2) is 0 Å². The molecular formula is C21H27N5O3S. The number of fused-ring (bicyclic) bond motifs is 1. The summed E-state index contributed by atoms with van der Waals surface area (Å²) < 4.78 is 28.6. The number of amides is 1. The van der Waals surface area contributed by atoms with Gasteiger partial charge in [-0.2, -0.15) is 4.31 Å². The number of hydrogen-bond acceptors (Lipinski definition) is 5. The number of benzene rings is 2. The Labute approximate surface area is 176 Å². The van der Waals surface area contributed by atoms with Crippen molar-refractivity contribution in [3.05, 3.63) is 53.6 Å². The van der Waals surface area contributed by atoms with Gasteiger partial charge in [-0.3, -0.25) is 4.79 Å². The lowest BCUT2D eigenvalue weighted by Gasteiger charge is -2.17. The fourth-order valence-electron chi connectivity index (χ4n) is 3.01. The highest BCUT2D eigenvalue weighted by Gasteiger charge is 2.24. The molecule has 0 aliphatic heterocycles. The predicted octanol–water partition coefficient (Wildman–Crippen LogP) is 2.65. The third kappa shape index (κ3) is 4.68. The first-order chi connectivity index (χ1) is 14.2. The fourth-order valence-corrected chi connectivity index (χ4v) is 4.16. The Morgan fingerprint density at radius 1 is 1.20 bits per heavy atom. The maximum absolute atomic E-state index is 12.9. The average molecular weight is 430 g/mol. The Bertz CT molecular complexity index is 1140. The van der Waals surface area contributed by atoms with E-state index >= 15 is 0 Å². The molecule has 0 fully saturated rings. The molecule has 30 heavy (non-hydrogen) atoms. The summed E-state index contributed by atoms with van der Waals surface area (Å²) in [6, 6.07) is 12.7. The van der Waals surface area contributed by atoms with Crippen LogP contribution in [0.2, 0.25) is 0 Å². The van der Waals surface area contributed by atoms with Crippen LogP contribution in [-0.2, 0) is 21.4 Å². The Morgan fingerprint density at radius 3 is 2.57 bits per heavy atom. The van der Waals surface area contributed by atoms with Gasteiger partial charge >= 0.3 is 0 Å². The van der Waals surface area contributed by atoms with E-state index in [1.54, 1.807) is 10.7 Å². The summed E-state index contributed by atoms with van der Waals surface area (Å²) >= 11 is 0. The van der Waals surface area contributed by atoms with Crippen LogP contribution in [0.5, 0.6) is 0 Å². The number of carbonyl (C=O) groups is 1. The number of aromatic nitrogens is 3. The van der Waals surface area contributed by atoms with E-state index in [1.807, 2.05) is 38.1 Å². The van der Waals surface area contributed by atoms with Crippen LogP contribution < -0.4 is 5.32 Å². The van der Waals surface area contributed by atoms with E-state index in [0.717, 1.165) is 27.4 Å². The van der Waals surface area contributed by atoms with Crippen LogP contribution in [0.25, 0.3) is 11.0 Å². The Morgan fingerprint density at radius 2 is 1.90 bits per heavy atom. The number of carbonyl (C=O) groups excluding carboxylic acids is 1. The topological polar surface area (TPSA) is 97.2 Å². The molecule has 0 saturated carbocycles. The molecule has 8 nitrogen and oxygen atoms in total. The summed E-state index contributed by atoms with van der Waals surface area (Å²) in [7, 11) is -2.45. The SMILES string of the molecule is CC[C@H](C)n1nnc2cc(S(=O)(=O)N(C)CC(=O)NCc3ccc(C)cc3)ccc21.